The fraction of sp³-hybridized carbons (Fsp3) is 0.133. The first kappa shape index (κ1) is 10.1. The van der Waals surface area contributed by atoms with Crippen molar-refractivity contribution in [1.29, 1.82) is 0 Å². The lowest BCUT2D eigenvalue weighted by atomic mass is 10.1. The van der Waals surface area contributed by atoms with Gasteiger partial charge in [-0.25, -0.2) is 0 Å². The van der Waals surface area contributed by atoms with E-state index in [4.69, 9.17) is 0 Å². The van der Waals surface area contributed by atoms with Gasteiger partial charge in [-0.2, -0.15) is 0 Å². The van der Waals surface area contributed by atoms with Crippen molar-refractivity contribution in [2.24, 2.45) is 0 Å². The monoisotopic (exact) mass is 223 g/mol. The number of allylic oxidation sites excluding steroid dienone is 1. The molecule has 2 heteroatoms. The van der Waals surface area contributed by atoms with Gasteiger partial charge in [0.2, 0.25) is 5.78 Å². The van der Waals surface area contributed by atoms with Crippen LogP contribution < -0.4 is 0 Å². The summed E-state index contributed by atoms with van der Waals surface area (Å²) in [5, 5.41) is 0. The van der Waals surface area contributed by atoms with Crippen LogP contribution in [0.3, 0.4) is 0 Å². The average Bonchev–Trinajstić information content (AvgIpc) is 2.93. The summed E-state index contributed by atoms with van der Waals surface area (Å²) < 4.78 is 2.07. The quantitative estimate of drug-likeness (QED) is 0.717. The van der Waals surface area contributed by atoms with Crippen LogP contribution in [0.25, 0.3) is 5.57 Å². The molecule has 0 saturated heterocycles. The lowest BCUT2D eigenvalue weighted by molar-refractivity contribution is 0.103. The molecule has 0 spiro atoms. The minimum absolute atomic E-state index is 0.0894. The molecule has 0 bridgehead atoms. The second-order valence-electron chi connectivity index (χ2n) is 4.30. The van der Waals surface area contributed by atoms with Gasteiger partial charge in [0.25, 0.3) is 0 Å². The number of rotatable bonds is 2. The highest BCUT2D eigenvalue weighted by molar-refractivity contribution is 6.08. The number of carbonyl (C=O) groups excluding carboxylic acids is 1. The number of aromatic nitrogens is 1. The predicted molar refractivity (Wildman–Crippen MR) is 68.0 cm³/mol. The Morgan fingerprint density at radius 3 is 2.65 bits per heavy atom. The Hall–Kier alpha value is -2.09. The lowest BCUT2D eigenvalue weighted by Crippen LogP contribution is -2.08. The third-order valence-corrected chi connectivity index (χ3v) is 3.25. The summed E-state index contributed by atoms with van der Waals surface area (Å²) in [6.45, 7) is 4.88. The van der Waals surface area contributed by atoms with E-state index in [0.717, 1.165) is 35.5 Å². The summed E-state index contributed by atoms with van der Waals surface area (Å²) >= 11 is 0. The lowest BCUT2D eigenvalue weighted by Gasteiger charge is -2.04. The van der Waals surface area contributed by atoms with Crippen molar-refractivity contribution in [3.05, 3.63) is 66.0 Å². The Balaban J connectivity index is 2.04. The summed E-state index contributed by atoms with van der Waals surface area (Å²) in [4.78, 5) is 12.3. The molecule has 1 aromatic heterocycles. The summed E-state index contributed by atoms with van der Waals surface area (Å²) in [6.07, 6.45) is 0.950. The van der Waals surface area contributed by atoms with E-state index >= 15 is 0 Å². The molecule has 2 aromatic rings. The third-order valence-electron chi connectivity index (χ3n) is 3.25. The topological polar surface area (TPSA) is 22.0 Å². The van der Waals surface area contributed by atoms with Crippen LogP contribution in [0.2, 0.25) is 0 Å². The molecule has 0 saturated carbocycles. The van der Waals surface area contributed by atoms with E-state index < -0.39 is 0 Å². The standard InChI is InChI=1S/C15H13NO/c1-11-9-10-16-13(11)7-8-14(16)15(17)12-5-3-2-4-6-12/h2-8H,1,9-10H2. The fourth-order valence-corrected chi connectivity index (χ4v) is 2.33. The minimum atomic E-state index is 0.0894. The zero-order valence-electron chi connectivity index (χ0n) is 9.52. The van der Waals surface area contributed by atoms with Gasteiger partial charge >= 0.3 is 0 Å². The van der Waals surface area contributed by atoms with Gasteiger partial charge in [0.1, 0.15) is 0 Å². The normalized spacial score (nSPS) is 13.8. The molecule has 0 aliphatic carbocycles. The minimum Gasteiger partial charge on any atom is -0.338 e. The molecular weight excluding hydrogens is 210 g/mol. The fourth-order valence-electron chi connectivity index (χ4n) is 2.33. The van der Waals surface area contributed by atoms with Gasteiger partial charge in [0, 0.05) is 17.8 Å². The Morgan fingerprint density at radius 1 is 1.12 bits per heavy atom. The number of nitrogens with zero attached hydrogens (tertiary/aromatic N) is 1. The molecule has 3 rings (SSSR count). The third kappa shape index (κ3) is 1.53. The summed E-state index contributed by atoms with van der Waals surface area (Å²) in [7, 11) is 0. The van der Waals surface area contributed by atoms with Gasteiger partial charge in [-0.15, -0.1) is 0 Å². The summed E-state index contributed by atoms with van der Waals surface area (Å²) in [6, 6.07) is 13.3. The van der Waals surface area contributed by atoms with Crippen molar-refractivity contribution < 1.29 is 4.79 Å². The van der Waals surface area contributed by atoms with Crippen LogP contribution in [0.1, 0.15) is 28.2 Å². The van der Waals surface area contributed by atoms with Crippen LogP contribution in [-0.4, -0.2) is 10.4 Å². The van der Waals surface area contributed by atoms with E-state index in [9.17, 15) is 4.79 Å². The number of hydrogen-bond donors (Lipinski definition) is 0. The Labute approximate surface area is 100 Å². The number of carbonyl (C=O) groups is 1. The average molecular weight is 223 g/mol. The van der Waals surface area contributed by atoms with Crippen molar-refractivity contribution in [2.75, 3.05) is 0 Å². The van der Waals surface area contributed by atoms with Gasteiger partial charge < -0.3 is 4.57 Å². The van der Waals surface area contributed by atoms with Crippen LogP contribution in [-0.2, 0) is 6.54 Å². The molecular formula is C15H13NO. The summed E-state index contributed by atoms with van der Waals surface area (Å²) in [5.41, 5.74) is 3.73. The highest BCUT2D eigenvalue weighted by atomic mass is 16.1. The van der Waals surface area contributed by atoms with Crippen LogP contribution in [0.4, 0.5) is 0 Å². The van der Waals surface area contributed by atoms with Gasteiger partial charge in [-0.3, -0.25) is 4.79 Å². The van der Waals surface area contributed by atoms with Gasteiger partial charge in [-0.1, -0.05) is 36.9 Å². The molecule has 0 N–H and O–H groups in total. The zero-order valence-corrected chi connectivity index (χ0v) is 9.52. The first-order valence-corrected chi connectivity index (χ1v) is 5.75. The Kier molecular flexibility index (Phi) is 2.22. The van der Waals surface area contributed by atoms with Crippen molar-refractivity contribution in [2.45, 2.75) is 13.0 Å². The second kappa shape index (κ2) is 3.74. The molecule has 0 atom stereocenters. The van der Waals surface area contributed by atoms with Crippen LogP contribution in [0, 0.1) is 0 Å². The molecule has 1 aliphatic rings. The van der Waals surface area contributed by atoms with E-state index in [1.165, 1.54) is 0 Å². The maximum atomic E-state index is 12.3. The highest BCUT2D eigenvalue weighted by Gasteiger charge is 2.21. The van der Waals surface area contributed by atoms with Crippen molar-refractivity contribution in [1.82, 2.24) is 4.57 Å². The van der Waals surface area contributed by atoms with Crippen LogP contribution in [0.15, 0.2) is 49.0 Å². The molecule has 1 aliphatic heterocycles. The Bertz CT molecular complexity index is 593. The molecule has 0 radical (unpaired) electrons. The van der Waals surface area contributed by atoms with Gasteiger partial charge in [0.05, 0.1) is 5.69 Å². The van der Waals surface area contributed by atoms with Crippen molar-refractivity contribution >= 4 is 11.4 Å². The molecule has 84 valence electrons. The maximum Gasteiger partial charge on any atom is 0.209 e. The molecule has 0 amide bonds. The molecule has 0 unspecified atom stereocenters. The first-order chi connectivity index (χ1) is 8.27. The number of ketones is 1. The second-order valence-corrected chi connectivity index (χ2v) is 4.30. The molecule has 2 nitrogen and oxygen atoms in total. The number of hydrogen-bond acceptors (Lipinski definition) is 1. The largest absolute Gasteiger partial charge is 0.338 e. The zero-order chi connectivity index (χ0) is 11.8. The maximum absolute atomic E-state index is 12.3. The summed E-state index contributed by atoms with van der Waals surface area (Å²) in [5.74, 6) is 0.0894. The molecule has 17 heavy (non-hydrogen) atoms. The number of fused-ring (bicyclic) bond motifs is 1. The number of benzene rings is 1. The predicted octanol–water partition coefficient (Wildman–Crippen LogP) is 3.14. The Morgan fingerprint density at radius 2 is 1.88 bits per heavy atom. The highest BCUT2D eigenvalue weighted by Crippen LogP contribution is 2.28. The van der Waals surface area contributed by atoms with Gasteiger partial charge in [-0.05, 0) is 24.1 Å². The SMILES string of the molecule is C=C1CCn2c1ccc2C(=O)c1ccccc1. The molecule has 2 heterocycles. The molecule has 1 aromatic carbocycles. The van der Waals surface area contributed by atoms with Crippen LogP contribution in [0.5, 0.6) is 0 Å². The van der Waals surface area contributed by atoms with E-state index in [0.29, 0.717) is 0 Å². The smallest absolute Gasteiger partial charge is 0.209 e. The van der Waals surface area contributed by atoms with Crippen molar-refractivity contribution in [3.8, 4) is 0 Å². The van der Waals surface area contributed by atoms with E-state index in [2.05, 4.69) is 11.1 Å². The van der Waals surface area contributed by atoms with E-state index in [1.54, 1.807) is 0 Å². The van der Waals surface area contributed by atoms with Crippen LogP contribution >= 0.6 is 0 Å². The van der Waals surface area contributed by atoms with E-state index in [1.807, 2.05) is 42.5 Å². The van der Waals surface area contributed by atoms with Gasteiger partial charge in [0.15, 0.2) is 0 Å². The van der Waals surface area contributed by atoms with Crippen molar-refractivity contribution in [3.63, 3.8) is 0 Å². The first-order valence-electron chi connectivity index (χ1n) is 5.75. The van der Waals surface area contributed by atoms with E-state index in [-0.39, 0.29) is 5.78 Å². The molecule has 0 fully saturated rings.